The molecule has 1 aromatic rings. The quantitative estimate of drug-likeness (QED) is 0.920. The Morgan fingerprint density at radius 3 is 2.55 bits per heavy atom. The van der Waals surface area contributed by atoms with Crippen LogP contribution in [0.1, 0.15) is 43.8 Å². The fourth-order valence-electron chi connectivity index (χ4n) is 3.34. The van der Waals surface area contributed by atoms with Crippen molar-refractivity contribution in [3.05, 3.63) is 35.6 Å². The Labute approximate surface area is 119 Å². The summed E-state index contributed by atoms with van der Waals surface area (Å²) >= 11 is 0. The Morgan fingerprint density at radius 2 is 1.85 bits per heavy atom. The number of carbonyl (C=O) groups excluding carboxylic acids is 1. The Bertz CT molecular complexity index is 468. The van der Waals surface area contributed by atoms with E-state index in [4.69, 9.17) is 0 Å². The molecule has 1 aliphatic carbocycles. The monoisotopic (exact) mass is 276 g/mol. The van der Waals surface area contributed by atoms with Gasteiger partial charge in [-0.15, -0.1) is 0 Å². The van der Waals surface area contributed by atoms with E-state index in [0.717, 1.165) is 12.1 Å². The summed E-state index contributed by atoms with van der Waals surface area (Å²) in [6.45, 7) is 1.21. The first-order valence-electron chi connectivity index (χ1n) is 7.52. The van der Waals surface area contributed by atoms with Crippen molar-refractivity contribution in [1.82, 2.24) is 10.2 Å². The number of rotatable bonds is 3. The molecular weight excluding hydrogens is 255 g/mol. The maximum Gasteiger partial charge on any atom is 0.238 e. The fourth-order valence-corrected chi connectivity index (χ4v) is 3.34. The lowest BCUT2D eigenvalue weighted by Crippen LogP contribution is -2.35. The third-order valence-corrected chi connectivity index (χ3v) is 4.44. The molecule has 3 rings (SSSR count). The summed E-state index contributed by atoms with van der Waals surface area (Å²) in [5, 5.41) is 3.24. The van der Waals surface area contributed by atoms with Gasteiger partial charge >= 0.3 is 0 Å². The van der Waals surface area contributed by atoms with Crippen molar-refractivity contribution in [2.75, 3.05) is 13.1 Å². The summed E-state index contributed by atoms with van der Waals surface area (Å²) in [5.41, 5.74) is 0.966. The van der Waals surface area contributed by atoms with Gasteiger partial charge in [0.15, 0.2) is 0 Å². The molecule has 1 saturated heterocycles. The van der Waals surface area contributed by atoms with Crippen LogP contribution >= 0.6 is 0 Å². The number of hydrogen-bond acceptors (Lipinski definition) is 2. The maximum atomic E-state index is 13.0. The molecule has 3 nitrogen and oxygen atoms in total. The third kappa shape index (κ3) is 2.85. The van der Waals surface area contributed by atoms with E-state index in [1.165, 1.54) is 44.2 Å². The van der Waals surface area contributed by atoms with Crippen LogP contribution in [0, 0.1) is 11.7 Å². The van der Waals surface area contributed by atoms with E-state index in [2.05, 4.69) is 5.32 Å². The SMILES string of the molecule is O=C1CNC(c2ccc(F)cc2)N1CC1CCCCC1. The summed E-state index contributed by atoms with van der Waals surface area (Å²) in [6.07, 6.45) is 6.23. The highest BCUT2D eigenvalue weighted by Crippen LogP contribution is 2.29. The summed E-state index contributed by atoms with van der Waals surface area (Å²) < 4.78 is 13.0. The minimum absolute atomic E-state index is 0.0926. The Kier molecular flexibility index (Phi) is 4.01. The number of halogens is 1. The molecule has 20 heavy (non-hydrogen) atoms. The smallest absolute Gasteiger partial charge is 0.238 e. The van der Waals surface area contributed by atoms with E-state index in [-0.39, 0.29) is 17.9 Å². The van der Waals surface area contributed by atoms with E-state index in [1.54, 1.807) is 12.1 Å². The second-order valence-electron chi connectivity index (χ2n) is 5.89. The normalized spacial score (nSPS) is 24.4. The molecule has 4 heteroatoms. The molecule has 1 atom stereocenters. The van der Waals surface area contributed by atoms with Gasteiger partial charge in [0, 0.05) is 6.54 Å². The van der Waals surface area contributed by atoms with Gasteiger partial charge in [-0.1, -0.05) is 31.4 Å². The molecular formula is C16H21FN2O. The van der Waals surface area contributed by atoms with E-state index in [9.17, 15) is 9.18 Å². The van der Waals surface area contributed by atoms with Gasteiger partial charge in [0.2, 0.25) is 5.91 Å². The van der Waals surface area contributed by atoms with Crippen molar-refractivity contribution in [3.8, 4) is 0 Å². The molecule has 1 amide bonds. The van der Waals surface area contributed by atoms with Crippen molar-refractivity contribution in [2.24, 2.45) is 5.92 Å². The van der Waals surface area contributed by atoms with Crippen molar-refractivity contribution in [1.29, 1.82) is 0 Å². The number of amides is 1. The Balaban J connectivity index is 1.72. The lowest BCUT2D eigenvalue weighted by atomic mass is 9.89. The van der Waals surface area contributed by atoms with Gasteiger partial charge in [-0.25, -0.2) is 4.39 Å². The molecule has 0 spiro atoms. The summed E-state index contributed by atoms with van der Waals surface area (Å²) in [5.74, 6) is 0.539. The molecule has 108 valence electrons. The Hall–Kier alpha value is -1.42. The molecule has 2 aliphatic rings. The zero-order chi connectivity index (χ0) is 13.9. The van der Waals surface area contributed by atoms with Gasteiger partial charge in [0.05, 0.1) is 6.54 Å². The molecule has 0 radical (unpaired) electrons. The van der Waals surface area contributed by atoms with Crippen molar-refractivity contribution < 1.29 is 9.18 Å². The van der Waals surface area contributed by atoms with Crippen LogP contribution in [0.3, 0.4) is 0 Å². The topological polar surface area (TPSA) is 32.3 Å². The zero-order valence-electron chi connectivity index (χ0n) is 11.6. The van der Waals surface area contributed by atoms with E-state index in [1.807, 2.05) is 4.90 Å². The number of benzene rings is 1. The van der Waals surface area contributed by atoms with E-state index >= 15 is 0 Å². The predicted octanol–water partition coefficient (Wildman–Crippen LogP) is 2.84. The highest BCUT2D eigenvalue weighted by Gasteiger charge is 2.33. The average molecular weight is 276 g/mol. The van der Waals surface area contributed by atoms with Crippen molar-refractivity contribution in [2.45, 2.75) is 38.3 Å². The van der Waals surface area contributed by atoms with Crippen LogP contribution in [-0.4, -0.2) is 23.9 Å². The lowest BCUT2D eigenvalue weighted by molar-refractivity contribution is -0.128. The average Bonchev–Trinajstić information content (AvgIpc) is 2.83. The summed E-state index contributed by atoms with van der Waals surface area (Å²) in [6, 6.07) is 6.44. The van der Waals surface area contributed by atoms with E-state index < -0.39 is 0 Å². The number of carbonyl (C=O) groups is 1. The van der Waals surface area contributed by atoms with Crippen molar-refractivity contribution >= 4 is 5.91 Å². The molecule has 1 aliphatic heterocycles. The first-order chi connectivity index (χ1) is 9.74. The largest absolute Gasteiger partial charge is 0.322 e. The van der Waals surface area contributed by atoms with Crippen LogP contribution in [0.5, 0.6) is 0 Å². The van der Waals surface area contributed by atoms with Gasteiger partial charge in [-0.3, -0.25) is 10.1 Å². The molecule has 1 N–H and O–H groups in total. The van der Waals surface area contributed by atoms with Gasteiger partial charge in [-0.05, 0) is 36.5 Å². The summed E-state index contributed by atoms with van der Waals surface area (Å²) in [7, 11) is 0. The lowest BCUT2D eigenvalue weighted by Gasteiger charge is -2.30. The van der Waals surface area contributed by atoms with Crippen molar-refractivity contribution in [3.63, 3.8) is 0 Å². The zero-order valence-corrected chi connectivity index (χ0v) is 11.6. The number of hydrogen-bond donors (Lipinski definition) is 1. The van der Waals surface area contributed by atoms with Gasteiger partial charge in [0.25, 0.3) is 0 Å². The van der Waals surface area contributed by atoms with Crippen LogP contribution in [0.2, 0.25) is 0 Å². The van der Waals surface area contributed by atoms with Gasteiger partial charge in [-0.2, -0.15) is 0 Å². The van der Waals surface area contributed by atoms with Crippen LogP contribution in [0.25, 0.3) is 0 Å². The van der Waals surface area contributed by atoms with Crippen LogP contribution in [0.4, 0.5) is 4.39 Å². The predicted molar refractivity (Wildman–Crippen MR) is 75.4 cm³/mol. The molecule has 0 bridgehead atoms. The maximum absolute atomic E-state index is 13.0. The third-order valence-electron chi connectivity index (χ3n) is 4.44. The van der Waals surface area contributed by atoms with Crippen LogP contribution in [-0.2, 0) is 4.79 Å². The second-order valence-corrected chi connectivity index (χ2v) is 5.89. The fraction of sp³-hybridized carbons (Fsp3) is 0.562. The van der Waals surface area contributed by atoms with Gasteiger partial charge in [0.1, 0.15) is 12.0 Å². The highest BCUT2D eigenvalue weighted by atomic mass is 19.1. The van der Waals surface area contributed by atoms with Gasteiger partial charge < -0.3 is 4.90 Å². The Morgan fingerprint density at radius 1 is 1.15 bits per heavy atom. The minimum atomic E-state index is -0.239. The molecule has 1 unspecified atom stereocenters. The standard InChI is InChI=1S/C16H21FN2O/c17-14-8-6-13(7-9-14)16-18-10-15(20)19(16)11-12-4-2-1-3-5-12/h6-9,12,16,18H,1-5,10-11H2. The second kappa shape index (κ2) is 5.92. The first-order valence-corrected chi connectivity index (χ1v) is 7.52. The molecule has 1 aromatic carbocycles. The molecule has 1 heterocycles. The highest BCUT2D eigenvalue weighted by molar-refractivity contribution is 5.81. The molecule has 2 fully saturated rings. The van der Waals surface area contributed by atoms with Crippen LogP contribution < -0.4 is 5.32 Å². The first kappa shape index (κ1) is 13.6. The number of nitrogens with zero attached hydrogens (tertiary/aromatic N) is 1. The molecule has 0 aromatic heterocycles. The van der Waals surface area contributed by atoms with E-state index in [0.29, 0.717) is 12.5 Å². The molecule has 1 saturated carbocycles. The summed E-state index contributed by atoms with van der Waals surface area (Å²) in [4.78, 5) is 14.0. The number of nitrogens with one attached hydrogen (secondary N) is 1. The minimum Gasteiger partial charge on any atom is -0.322 e. The van der Waals surface area contributed by atoms with Crippen LogP contribution in [0.15, 0.2) is 24.3 Å².